The van der Waals surface area contributed by atoms with Crippen LogP contribution in [0.2, 0.25) is 0 Å². The Morgan fingerprint density at radius 3 is 2.42 bits per heavy atom. The van der Waals surface area contributed by atoms with E-state index in [0.29, 0.717) is 25.7 Å². The van der Waals surface area contributed by atoms with Crippen molar-refractivity contribution in [1.82, 2.24) is 0 Å². The fourth-order valence-electron chi connectivity index (χ4n) is 9.74. The first kappa shape index (κ1) is 28.7. The molecule has 6 rings (SSSR count). The maximum Gasteiger partial charge on any atom is 0.331 e. The van der Waals surface area contributed by atoms with Crippen LogP contribution >= 0.6 is 0 Å². The smallest absolute Gasteiger partial charge is 0.331 e. The molecule has 11 heteroatoms. The van der Waals surface area contributed by atoms with Crippen LogP contribution in [0.5, 0.6) is 0 Å². The molecule has 0 amide bonds. The number of hydrogen-bond acceptors (Lipinski definition) is 11. The molecular formula is C29H42O11. The number of aliphatic hydroxyl groups is 6. The number of cyclic esters (lactones) is 1. The Balaban J connectivity index is 1.25. The summed E-state index contributed by atoms with van der Waals surface area (Å²) in [6, 6.07) is 0. The van der Waals surface area contributed by atoms with Crippen LogP contribution < -0.4 is 0 Å². The van der Waals surface area contributed by atoms with Gasteiger partial charge in [0.25, 0.3) is 0 Å². The predicted octanol–water partition coefficient (Wildman–Crippen LogP) is -0.279. The van der Waals surface area contributed by atoms with Gasteiger partial charge in [-0.2, -0.15) is 0 Å². The van der Waals surface area contributed by atoms with Crippen molar-refractivity contribution in [3.63, 3.8) is 0 Å². The fraction of sp³-hybridized carbons (Fsp3) is 0.862. The predicted molar refractivity (Wildman–Crippen MR) is 136 cm³/mol. The van der Waals surface area contributed by atoms with E-state index >= 15 is 0 Å². The molecule has 6 N–H and O–H groups in total. The van der Waals surface area contributed by atoms with Crippen molar-refractivity contribution in [3.05, 3.63) is 11.6 Å². The molecule has 2 aliphatic heterocycles. The third-order valence-electron chi connectivity index (χ3n) is 12.1. The molecule has 0 spiro atoms. The van der Waals surface area contributed by atoms with Crippen LogP contribution in [0.1, 0.15) is 65.2 Å². The molecule has 0 radical (unpaired) electrons. The number of fused-ring (bicyclic) bond motifs is 5. The molecule has 0 unspecified atom stereocenters. The van der Waals surface area contributed by atoms with Crippen LogP contribution in [-0.2, 0) is 23.8 Å². The van der Waals surface area contributed by atoms with E-state index in [1.54, 1.807) is 6.92 Å². The van der Waals surface area contributed by atoms with Crippen LogP contribution in [0.25, 0.3) is 0 Å². The highest BCUT2D eigenvalue weighted by atomic mass is 16.7. The summed E-state index contributed by atoms with van der Waals surface area (Å²) in [7, 11) is 0. The third-order valence-corrected chi connectivity index (χ3v) is 12.1. The van der Waals surface area contributed by atoms with Gasteiger partial charge in [0, 0.05) is 17.9 Å². The van der Waals surface area contributed by atoms with E-state index in [9.17, 15) is 40.2 Å². The van der Waals surface area contributed by atoms with Gasteiger partial charge in [0.15, 0.2) is 6.29 Å². The van der Waals surface area contributed by atoms with Gasteiger partial charge in [0.1, 0.15) is 31.2 Å². The molecule has 0 aromatic heterocycles. The van der Waals surface area contributed by atoms with E-state index in [1.165, 1.54) is 6.08 Å². The van der Waals surface area contributed by atoms with Crippen molar-refractivity contribution in [2.24, 2.45) is 28.6 Å². The van der Waals surface area contributed by atoms with E-state index in [1.807, 2.05) is 6.92 Å². The van der Waals surface area contributed by atoms with Gasteiger partial charge in [-0.15, -0.1) is 0 Å². The summed E-state index contributed by atoms with van der Waals surface area (Å²) in [4.78, 5) is 24.8. The topological polar surface area (TPSA) is 183 Å². The first-order chi connectivity index (χ1) is 18.8. The van der Waals surface area contributed by atoms with Crippen molar-refractivity contribution in [2.75, 3.05) is 6.61 Å². The monoisotopic (exact) mass is 566 g/mol. The molecule has 2 heterocycles. The van der Waals surface area contributed by atoms with Crippen molar-refractivity contribution in [1.29, 1.82) is 0 Å². The molecule has 0 aromatic carbocycles. The maximum atomic E-state index is 13.0. The zero-order chi connectivity index (χ0) is 28.8. The van der Waals surface area contributed by atoms with Crippen LogP contribution in [0.15, 0.2) is 11.6 Å². The molecule has 40 heavy (non-hydrogen) atoms. The number of hydrogen-bond donors (Lipinski definition) is 6. The lowest BCUT2D eigenvalue weighted by Gasteiger charge is -2.66. The second kappa shape index (κ2) is 9.54. The lowest BCUT2D eigenvalue weighted by molar-refractivity contribution is -0.319. The van der Waals surface area contributed by atoms with Gasteiger partial charge in [0.05, 0.1) is 34.9 Å². The van der Waals surface area contributed by atoms with E-state index < -0.39 is 76.8 Å². The summed E-state index contributed by atoms with van der Waals surface area (Å²) in [5.41, 5.74) is -4.09. The normalized spacial score (nSPS) is 56.0. The summed E-state index contributed by atoms with van der Waals surface area (Å²) < 4.78 is 16.8. The highest BCUT2D eigenvalue weighted by molar-refractivity contribution is 5.85. The van der Waals surface area contributed by atoms with Gasteiger partial charge in [-0.1, -0.05) is 6.92 Å². The summed E-state index contributed by atoms with van der Waals surface area (Å²) in [5.74, 6) is -1.42. The lowest BCUT2D eigenvalue weighted by atomic mass is 9.41. The second-order valence-electron chi connectivity index (χ2n) is 13.5. The molecule has 11 nitrogen and oxygen atoms in total. The molecule has 0 bridgehead atoms. The Morgan fingerprint density at radius 2 is 1.75 bits per heavy atom. The van der Waals surface area contributed by atoms with Crippen LogP contribution in [-0.4, -0.2) is 104 Å². The van der Waals surface area contributed by atoms with E-state index in [4.69, 9.17) is 14.2 Å². The fourth-order valence-corrected chi connectivity index (χ4v) is 9.74. The minimum Gasteiger partial charge on any atom is -0.458 e. The Morgan fingerprint density at radius 1 is 1.00 bits per heavy atom. The van der Waals surface area contributed by atoms with Crippen LogP contribution in [0.4, 0.5) is 0 Å². The largest absolute Gasteiger partial charge is 0.458 e. The van der Waals surface area contributed by atoms with Gasteiger partial charge in [-0.3, -0.25) is 0 Å². The number of ether oxygens (including phenoxy) is 3. The number of aldehydes is 1. The van der Waals surface area contributed by atoms with E-state index in [0.717, 1.165) is 11.9 Å². The van der Waals surface area contributed by atoms with Crippen LogP contribution in [0.3, 0.4) is 0 Å². The Kier molecular flexibility index (Phi) is 6.83. The number of carbonyl (C=O) groups excluding carboxylic acids is 2. The minimum atomic E-state index is -1.47. The third kappa shape index (κ3) is 3.71. The van der Waals surface area contributed by atoms with E-state index in [2.05, 4.69) is 0 Å². The number of aliphatic hydroxyl groups excluding tert-OH is 4. The van der Waals surface area contributed by atoms with Crippen molar-refractivity contribution < 1.29 is 54.4 Å². The van der Waals surface area contributed by atoms with Crippen molar-refractivity contribution in [3.8, 4) is 0 Å². The second-order valence-corrected chi connectivity index (χ2v) is 13.5. The first-order valence-corrected chi connectivity index (χ1v) is 14.6. The zero-order valence-electron chi connectivity index (χ0n) is 23.0. The Hall–Kier alpha value is -1.44. The number of rotatable bonds is 4. The molecule has 6 aliphatic rings. The molecule has 14 atom stereocenters. The van der Waals surface area contributed by atoms with Gasteiger partial charge in [-0.25, -0.2) is 4.79 Å². The molecule has 5 fully saturated rings. The Labute approximate surface area is 233 Å². The van der Waals surface area contributed by atoms with Crippen LogP contribution in [0, 0.1) is 28.6 Å². The first-order valence-electron chi connectivity index (χ1n) is 14.6. The zero-order valence-corrected chi connectivity index (χ0v) is 23.0. The van der Waals surface area contributed by atoms with Gasteiger partial charge < -0.3 is 49.6 Å². The summed E-state index contributed by atoms with van der Waals surface area (Å²) in [5, 5.41) is 66.7. The summed E-state index contributed by atoms with van der Waals surface area (Å²) in [6.07, 6.45) is -2.70. The van der Waals surface area contributed by atoms with Gasteiger partial charge in [0.2, 0.25) is 0 Å². The van der Waals surface area contributed by atoms with Crippen molar-refractivity contribution >= 4 is 12.3 Å². The average molecular weight is 567 g/mol. The molecule has 1 saturated heterocycles. The SMILES string of the molecule is C[C@H]1O[C@@H](O[C@H]2CC[C@]3(C=O)[C@@H]4C[C@@H](O)[C@]5(C)[C@@H](C6=CC(=O)OC6)CC[C@]5(O)[C@H]4CC[C@]3(O)C2)[C@H](O)[C@H](O)[C@@H]1O. The maximum absolute atomic E-state index is 13.0. The summed E-state index contributed by atoms with van der Waals surface area (Å²) in [6.45, 7) is 3.61. The molecular weight excluding hydrogens is 524 g/mol. The quantitative estimate of drug-likeness (QED) is 0.149. The average Bonchev–Trinajstić information content (AvgIpc) is 3.46. The number of carbonyl (C=O) groups is 2. The molecule has 4 aliphatic carbocycles. The standard InChI is InChI=1S/C29H42O11/c1-14-22(33)23(34)24(35)25(39-14)40-16-3-6-27(13-30)19-10-20(31)26(2)17(15-9-21(32)38-12-15)5-8-29(26,37)18(19)4-7-28(27,36)11-16/h9,13-14,16-20,22-25,31,33-37H,3-8,10-12H2,1-2H3/t14-,16+,17-,18+,19-,20-,22-,23-,24-,25+,26+,27+,28+,29+/m1/s1. The van der Waals surface area contributed by atoms with Gasteiger partial charge in [-0.05, 0) is 75.2 Å². The van der Waals surface area contributed by atoms with Gasteiger partial charge >= 0.3 is 5.97 Å². The Bertz CT molecular complexity index is 1080. The van der Waals surface area contributed by atoms with Crippen molar-refractivity contribution in [2.45, 2.75) is 119 Å². The summed E-state index contributed by atoms with van der Waals surface area (Å²) >= 11 is 0. The lowest BCUT2D eigenvalue weighted by Crippen LogP contribution is -2.71. The number of esters is 1. The molecule has 0 aromatic rings. The highest BCUT2D eigenvalue weighted by Gasteiger charge is 2.74. The molecule has 4 saturated carbocycles. The van der Waals surface area contributed by atoms with E-state index in [-0.39, 0.29) is 44.1 Å². The minimum absolute atomic E-state index is 0.0926. The highest BCUT2D eigenvalue weighted by Crippen LogP contribution is 2.70. The molecule has 224 valence electrons.